The average molecular weight is 388 g/mol. The topological polar surface area (TPSA) is 84.5 Å². The Hall–Kier alpha value is -2.38. The van der Waals surface area contributed by atoms with Gasteiger partial charge in [-0.05, 0) is 62.1 Å². The SMILES string of the molecule is Cc1cccc(NS(=O)(=O)c2cc(NC(=O)C3CCOCC3)ccc2C)c1. The molecule has 0 aliphatic carbocycles. The van der Waals surface area contributed by atoms with E-state index in [9.17, 15) is 13.2 Å². The number of amides is 1. The zero-order chi connectivity index (χ0) is 19.4. The van der Waals surface area contributed by atoms with Gasteiger partial charge in [-0.1, -0.05) is 18.2 Å². The molecule has 1 aliphatic heterocycles. The monoisotopic (exact) mass is 388 g/mol. The number of rotatable bonds is 5. The van der Waals surface area contributed by atoms with Gasteiger partial charge in [-0.25, -0.2) is 8.42 Å². The molecule has 2 aromatic carbocycles. The lowest BCUT2D eigenvalue weighted by Gasteiger charge is -2.21. The van der Waals surface area contributed by atoms with Crippen LogP contribution in [0.4, 0.5) is 11.4 Å². The first kappa shape index (κ1) is 19.4. The molecule has 0 aromatic heterocycles. The maximum absolute atomic E-state index is 12.8. The molecular weight excluding hydrogens is 364 g/mol. The van der Waals surface area contributed by atoms with Crippen molar-refractivity contribution in [3.05, 3.63) is 53.6 Å². The lowest BCUT2D eigenvalue weighted by molar-refractivity contribution is -0.122. The first-order chi connectivity index (χ1) is 12.8. The summed E-state index contributed by atoms with van der Waals surface area (Å²) in [5.41, 5.74) is 2.55. The fourth-order valence-corrected chi connectivity index (χ4v) is 4.41. The third-order valence-corrected chi connectivity index (χ3v) is 6.13. The maximum Gasteiger partial charge on any atom is 0.262 e. The number of aryl methyl sites for hydroxylation is 2. The Morgan fingerprint density at radius 1 is 1.04 bits per heavy atom. The van der Waals surface area contributed by atoms with Crippen molar-refractivity contribution in [2.24, 2.45) is 5.92 Å². The molecular formula is C20H24N2O4S. The smallest absolute Gasteiger partial charge is 0.262 e. The molecule has 2 aromatic rings. The molecule has 0 unspecified atom stereocenters. The van der Waals surface area contributed by atoms with Gasteiger partial charge >= 0.3 is 0 Å². The van der Waals surface area contributed by atoms with Gasteiger partial charge in [0.15, 0.2) is 0 Å². The third-order valence-electron chi connectivity index (χ3n) is 4.61. The number of benzene rings is 2. The highest BCUT2D eigenvalue weighted by molar-refractivity contribution is 7.92. The number of carbonyl (C=O) groups is 1. The second kappa shape index (κ2) is 8.10. The molecule has 144 valence electrons. The minimum atomic E-state index is -3.77. The summed E-state index contributed by atoms with van der Waals surface area (Å²) in [6.45, 7) is 4.78. The van der Waals surface area contributed by atoms with Gasteiger partial charge in [-0.15, -0.1) is 0 Å². The van der Waals surface area contributed by atoms with E-state index in [1.807, 2.05) is 13.0 Å². The average Bonchev–Trinajstić information content (AvgIpc) is 2.63. The van der Waals surface area contributed by atoms with E-state index < -0.39 is 10.0 Å². The highest BCUT2D eigenvalue weighted by atomic mass is 32.2. The zero-order valence-electron chi connectivity index (χ0n) is 15.5. The number of hydrogen-bond donors (Lipinski definition) is 2. The highest BCUT2D eigenvalue weighted by Crippen LogP contribution is 2.24. The van der Waals surface area contributed by atoms with Gasteiger partial charge < -0.3 is 10.1 Å². The van der Waals surface area contributed by atoms with Crippen molar-refractivity contribution in [3.63, 3.8) is 0 Å². The fraction of sp³-hybridized carbons (Fsp3) is 0.350. The van der Waals surface area contributed by atoms with Crippen LogP contribution in [0.15, 0.2) is 47.4 Å². The summed E-state index contributed by atoms with van der Waals surface area (Å²) in [5.74, 6) is -0.206. The first-order valence-corrected chi connectivity index (χ1v) is 10.4. The van der Waals surface area contributed by atoms with Crippen LogP contribution in [0.25, 0.3) is 0 Å². The molecule has 27 heavy (non-hydrogen) atoms. The minimum absolute atomic E-state index is 0.0999. The quantitative estimate of drug-likeness (QED) is 0.821. The van der Waals surface area contributed by atoms with Crippen LogP contribution in [-0.4, -0.2) is 27.5 Å². The number of carbonyl (C=O) groups excluding carboxylic acids is 1. The number of hydrogen-bond acceptors (Lipinski definition) is 4. The van der Waals surface area contributed by atoms with Crippen LogP contribution in [0.3, 0.4) is 0 Å². The predicted molar refractivity (Wildman–Crippen MR) is 105 cm³/mol. The lowest BCUT2D eigenvalue weighted by Crippen LogP contribution is -2.28. The van der Waals surface area contributed by atoms with Gasteiger partial charge in [-0.3, -0.25) is 9.52 Å². The molecule has 3 rings (SSSR count). The number of ether oxygens (including phenoxy) is 1. The summed E-state index contributed by atoms with van der Waals surface area (Å²) in [7, 11) is -3.77. The summed E-state index contributed by atoms with van der Waals surface area (Å²) in [6.07, 6.45) is 1.36. The Kier molecular flexibility index (Phi) is 5.82. The molecule has 0 spiro atoms. The highest BCUT2D eigenvalue weighted by Gasteiger charge is 2.23. The molecule has 1 aliphatic rings. The van der Waals surface area contributed by atoms with Gasteiger partial charge in [0.1, 0.15) is 0 Å². The van der Waals surface area contributed by atoms with Gasteiger partial charge in [0.2, 0.25) is 5.91 Å². The van der Waals surface area contributed by atoms with Gasteiger partial charge in [0, 0.05) is 30.5 Å². The molecule has 1 fully saturated rings. The molecule has 0 radical (unpaired) electrons. The van der Waals surface area contributed by atoms with Crippen molar-refractivity contribution in [2.75, 3.05) is 23.3 Å². The molecule has 1 saturated heterocycles. The fourth-order valence-electron chi connectivity index (χ4n) is 3.09. The molecule has 6 nitrogen and oxygen atoms in total. The van der Waals surface area contributed by atoms with E-state index in [2.05, 4.69) is 10.0 Å². The Labute approximate surface area is 160 Å². The van der Waals surface area contributed by atoms with E-state index >= 15 is 0 Å². The molecule has 1 heterocycles. The van der Waals surface area contributed by atoms with Crippen molar-refractivity contribution >= 4 is 27.3 Å². The summed E-state index contributed by atoms with van der Waals surface area (Å²) in [5, 5.41) is 2.84. The van der Waals surface area contributed by atoms with E-state index in [0.717, 1.165) is 5.56 Å². The zero-order valence-corrected chi connectivity index (χ0v) is 16.3. The van der Waals surface area contributed by atoms with Gasteiger partial charge in [0.05, 0.1) is 4.90 Å². The van der Waals surface area contributed by atoms with E-state index in [1.54, 1.807) is 37.3 Å². The molecule has 0 bridgehead atoms. The molecule has 7 heteroatoms. The largest absolute Gasteiger partial charge is 0.381 e. The number of nitrogens with one attached hydrogen (secondary N) is 2. The van der Waals surface area contributed by atoms with E-state index in [1.165, 1.54) is 6.07 Å². The second-order valence-corrected chi connectivity index (χ2v) is 8.48. The third kappa shape index (κ3) is 4.87. The van der Waals surface area contributed by atoms with Crippen molar-refractivity contribution in [3.8, 4) is 0 Å². The summed E-state index contributed by atoms with van der Waals surface area (Å²) < 4.78 is 33.5. The van der Waals surface area contributed by atoms with Crippen molar-refractivity contribution in [1.82, 2.24) is 0 Å². The molecule has 1 amide bonds. The van der Waals surface area contributed by atoms with Gasteiger partial charge in [-0.2, -0.15) is 0 Å². The molecule has 2 N–H and O–H groups in total. The summed E-state index contributed by atoms with van der Waals surface area (Å²) >= 11 is 0. The Bertz CT molecular complexity index is 935. The van der Waals surface area contributed by atoms with Gasteiger partial charge in [0.25, 0.3) is 10.0 Å². The minimum Gasteiger partial charge on any atom is -0.381 e. The standard InChI is InChI=1S/C20H24N2O4S/c1-14-4-3-5-18(12-14)22-27(24,25)19-13-17(7-6-15(19)2)21-20(23)16-8-10-26-11-9-16/h3-7,12-13,16,22H,8-11H2,1-2H3,(H,21,23). The summed E-state index contributed by atoms with van der Waals surface area (Å²) in [6, 6.07) is 12.1. The second-order valence-electron chi connectivity index (χ2n) is 6.83. The van der Waals surface area contributed by atoms with Crippen molar-refractivity contribution in [2.45, 2.75) is 31.6 Å². The summed E-state index contributed by atoms with van der Waals surface area (Å²) in [4.78, 5) is 12.6. The Morgan fingerprint density at radius 2 is 1.78 bits per heavy atom. The van der Waals surface area contributed by atoms with Crippen LogP contribution in [-0.2, 0) is 19.6 Å². The number of anilines is 2. The maximum atomic E-state index is 12.8. The van der Waals surface area contributed by atoms with Crippen LogP contribution < -0.4 is 10.0 Å². The van der Waals surface area contributed by atoms with E-state index in [0.29, 0.717) is 43.0 Å². The molecule has 0 saturated carbocycles. The number of sulfonamides is 1. The van der Waals surface area contributed by atoms with Crippen LogP contribution in [0.2, 0.25) is 0 Å². The van der Waals surface area contributed by atoms with Crippen molar-refractivity contribution in [1.29, 1.82) is 0 Å². The lowest BCUT2D eigenvalue weighted by atomic mass is 9.99. The van der Waals surface area contributed by atoms with Crippen LogP contribution in [0, 0.1) is 19.8 Å². The van der Waals surface area contributed by atoms with E-state index in [4.69, 9.17) is 4.74 Å². The van der Waals surface area contributed by atoms with Crippen LogP contribution >= 0.6 is 0 Å². The van der Waals surface area contributed by atoms with Crippen LogP contribution in [0.1, 0.15) is 24.0 Å². The Balaban J connectivity index is 1.80. The Morgan fingerprint density at radius 3 is 2.48 bits per heavy atom. The van der Waals surface area contributed by atoms with Crippen LogP contribution in [0.5, 0.6) is 0 Å². The normalized spacial score (nSPS) is 15.3. The van der Waals surface area contributed by atoms with Crippen molar-refractivity contribution < 1.29 is 17.9 Å². The predicted octanol–water partition coefficient (Wildman–Crippen LogP) is 3.47. The molecule has 0 atom stereocenters. The van der Waals surface area contributed by atoms with E-state index in [-0.39, 0.29) is 16.7 Å². The first-order valence-electron chi connectivity index (χ1n) is 8.94.